The van der Waals surface area contributed by atoms with Crippen LogP contribution in [-0.2, 0) is 19.4 Å². The highest BCUT2D eigenvalue weighted by Crippen LogP contribution is 2.17. The van der Waals surface area contributed by atoms with E-state index >= 15 is 0 Å². The maximum absolute atomic E-state index is 4.69. The molecule has 0 aliphatic heterocycles. The van der Waals surface area contributed by atoms with E-state index in [0.717, 1.165) is 41.7 Å². The van der Waals surface area contributed by atoms with Gasteiger partial charge >= 0.3 is 0 Å². The number of hydrogen-bond acceptors (Lipinski definition) is 5. The van der Waals surface area contributed by atoms with Crippen molar-refractivity contribution in [1.82, 2.24) is 30.0 Å². The molecule has 6 nitrogen and oxygen atoms in total. The van der Waals surface area contributed by atoms with Crippen LogP contribution in [0.4, 0.5) is 0 Å². The van der Waals surface area contributed by atoms with Gasteiger partial charge in [-0.2, -0.15) is 5.10 Å². The van der Waals surface area contributed by atoms with E-state index in [0.29, 0.717) is 12.5 Å². The molecule has 0 aliphatic carbocycles. The van der Waals surface area contributed by atoms with Crippen molar-refractivity contribution < 1.29 is 0 Å². The van der Waals surface area contributed by atoms with Crippen molar-refractivity contribution in [3.05, 3.63) is 29.4 Å². The molecular weight excluding hydrogens is 264 g/mol. The Hall–Kier alpha value is -1.82. The predicted molar refractivity (Wildman–Crippen MR) is 82.6 cm³/mol. The average molecular weight is 288 g/mol. The Morgan fingerprint density at radius 2 is 1.95 bits per heavy atom. The van der Waals surface area contributed by atoms with Gasteiger partial charge in [0.2, 0.25) is 0 Å². The molecule has 0 amide bonds. The van der Waals surface area contributed by atoms with E-state index in [1.54, 1.807) is 0 Å². The predicted octanol–water partition coefficient (Wildman–Crippen LogP) is 2.02. The lowest BCUT2D eigenvalue weighted by molar-refractivity contribution is 0.695. The van der Waals surface area contributed by atoms with Crippen LogP contribution >= 0.6 is 0 Å². The summed E-state index contributed by atoms with van der Waals surface area (Å²) in [6.45, 7) is 9.02. The van der Waals surface area contributed by atoms with Gasteiger partial charge in [-0.1, -0.05) is 27.7 Å². The molecule has 0 bridgehead atoms. The molecule has 0 atom stereocenters. The summed E-state index contributed by atoms with van der Waals surface area (Å²) >= 11 is 0. The molecule has 114 valence electrons. The smallest absolute Gasteiger partial charge is 0.151 e. The van der Waals surface area contributed by atoms with Gasteiger partial charge in [-0.05, 0) is 7.05 Å². The van der Waals surface area contributed by atoms with Gasteiger partial charge in [0, 0.05) is 25.3 Å². The van der Waals surface area contributed by atoms with E-state index in [1.807, 2.05) is 17.9 Å². The van der Waals surface area contributed by atoms with E-state index in [-0.39, 0.29) is 0 Å². The number of nitrogens with zero attached hydrogens (tertiary/aromatic N) is 5. The molecule has 6 heteroatoms. The third kappa shape index (κ3) is 3.26. The fourth-order valence-corrected chi connectivity index (χ4v) is 2.14. The molecule has 0 saturated carbocycles. The topological polar surface area (TPSA) is 68.5 Å². The largest absolute Gasteiger partial charge is 0.314 e. The summed E-state index contributed by atoms with van der Waals surface area (Å²) in [6, 6.07) is 0. The Labute approximate surface area is 126 Å². The van der Waals surface area contributed by atoms with Crippen molar-refractivity contribution in [1.29, 1.82) is 0 Å². The molecule has 2 rings (SSSR count). The zero-order valence-corrected chi connectivity index (χ0v) is 13.5. The molecule has 0 saturated heterocycles. The number of hydrogen-bond donors (Lipinski definition) is 1. The maximum Gasteiger partial charge on any atom is 0.151 e. The van der Waals surface area contributed by atoms with E-state index in [9.17, 15) is 0 Å². The Kier molecular flexibility index (Phi) is 5.01. The van der Waals surface area contributed by atoms with Crippen LogP contribution in [0.25, 0.3) is 5.69 Å². The van der Waals surface area contributed by atoms with Gasteiger partial charge in [-0.3, -0.25) is 0 Å². The summed E-state index contributed by atoms with van der Waals surface area (Å²) in [5.41, 5.74) is 1.87. The van der Waals surface area contributed by atoms with Crippen molar-refractivity contribution >= 4 is 0 Å². The zero-order chi connectivity index (χ0) is 15.4. The first-order valence-electron chi connectivity index (χ1n) is 7.56. The Bertz CT molecular complexity index is 602. The lowest BCUT2D eigenvalue weighted by Crippen LogP contribution is -2.15. The molecule has 0 spiro atoms. The summed E-state index contributed by atoms with van der Waals surface area (Å²) < 4.78 is 1.88. The van der Waals surface area contributed by atoms with Crippen LogP contribution in [0, 0.1) is 0 Å². The molecule has 2 aromatic rings. The van der Waals surface area contributed by atoms with E-state index in [2.05, 4.69) is 53.1 Å². The van der Waals surface area contributed by atoms with Gasteiger partial charge in [-0.25, -0.2) is 19.6 Å². The third-order valence-corrected chi connectivity index (χ3v) is 3.30. The third-order valence-electron chi connectivity index (χ3n) is 3.30. The maximum atomic E-state index is 4.69. The number of rotatable bonds is 6. The van der Waals surface area contributed by atoms with Crippen molar-refractivity contribution in [3.63, 3.8) is 0 Å². The van der Waals surface area contributed by atoms with E-state index < -0.39 is 0 Å². The van der Waals surface area contributed by atoms with Gasteiger partial charge in [0.05, 0.1) is 11.9 Å². The molecule has 0 unspecified atom stereocenters. The second-order valence-corrected chi connectivity index (χ2v) is 5.31. The van der Waals surface area contributed by atoms with Crippen LogP contribution < -0.4 is 5.32 Å². The van der Waals surface area contributed by atoms with E-state index in [1.165, 1.54) is 0 Å². The minimum atomic E-state index is 0.308. The average Bonchev–Trinajstić information content (AvgIpc) is 2.90. The Morgan fingerprint density at radius 3 is 2.52 bits per heavy atom. The molecule has 0 fully saturated rings. The number of nitrogens with one attached hydrogen (secondary N) is 1. The Morgan fingerprint density at radius 1 is 1.19 bits per heavy atom. The number of aryl methyl sites for hydroxylation is 2. The summed E-state index contributed by atoms with van der Waals surface area (Å²) in [5, 5.41) is 7.75. The summed E-state index contributed by atoms with van der Waals surface area (Å²) in [4.78, 5) is 13.7. The summed E-state index contributed by atoms with van der Waals surface area (Å²) in [5.74, 6) is 2.97. The van der Waals surface area contributed by atoms with Crippen molar-refractivity contribution in [2.24, 2.45) is 0 Å². The fraction of sp³-hybridized carbons (Fsp3) is 0.600. The lowest BCUT2D eigenvalue weighted by atomic mass is 10.2. The normalized spacial score (nSPS) is 11.3. The molecule has 0 radical (unpaired) electrons. The second-order valence-electron chi connectivity index (χ2n) is 5.31. The SMILES string of the molecule is CCc1nc(CC)n(-c2cnc(C(C)C)nc2CNC)n1. The summed E-state index contributed by atoms with van der Waals surface area (Å²) in [6.07, 6.45) is 3.52. The van der Waals surface area contributed by atoms with Crippen LogP contribution in [0.3, 0.4) is 0 Å². The molecule has 21 heavy (non-hydrogen) atoms. The van der Waals surface area contributed by atoms with Crippen molar-refractivity contribution in [2.75, 3.05) is 7.05 Å². The highest BCUT2D eigenvalue weighted by Gasteiger charge is 2.15. The first-order chi connectivity index (χ1) is 10.1. The second kappa shape index (κ2) is 6.76. The first-order valence-corrected chi connectivity index (χ1v) is 7.56. The van der Waals surface area contributed by atoms with Crippen molar-refractivity contribution in [3.8, 4) is 5.69 Å². The Balaban J connectivity index is 2.54. The van der Waals surface area contributed by atoms with Gasteiger partial charge in [-0.15, -0.1) is 0 Å². The molecular formula is C15H24N6. The van der Waals surface area contributed by atoms with Crippen LogP contribution in [0.15, 0.2) is 6.20 Å². The van der Waals surface area contributed by atoms with Crippen LogP contribution in [0.2, 0.25) is 0 Å². The minimum Gasteiger partial charge on any atom is -0.314 e. The molecule has 1 N–H and O–H groups in total. The fourth-order valence-electron chi connectivity index (χ4n) is 2.14. The van der Waals surface area contributed by atoms with Crippen LogP contribution in [0.1, 0.15) is 56.8 Å². The van der Waals surface area contributed by atoms with Crippen molar-refractivity contribution in [2.45, 2.75) is 53.0 Å². The van der Waals surface area contributed by atoms with Gasteiger partial charge in [0.25, 0.3) is 0 Å². The quantitative estimate of drug-likeness (QED) is 0.880. The highest BCUT2D eigenvalue weighted by atomic mass is 15.4. The van der Waals surface area contributed by atoms with Crippen LogP contribution in [-0.4, -0.2) is 31.8 Å². The van der Waals surface area contributed by atoms with Gasteiger partial charge in [0.1, 0.15) is 17.3 Å². The highest BCUT2D eigenvalue weighted by molar-refractivity contribution is 5.35. The molecule has 0 aliphatic rings. The first kappa shape index (κ1) is 15.6. The zero-order valence-electron chi connectivity index (χ0n) is 13.5. The van der Waals surface area contributed by atoms with E-state index in [4.69, 9.17) is 0 Å². The molecule has 2 heterocycles. The summed E-state index contributed by atoms with van der Waals surface area (Å²) in [7, 11) is 1.92. The lowest BCUT2D eigenvalue weighted by Gasteiger charge is -2.12. The van der Waals surface area contributed by atoms with Gasteiger partial charge < -0.3 is 5.32 Å². The standard InChI is InChI=1S/C15H24N6/c1-6-13-19-14(7-2)21(20-13)12-9-17-15(10(3)4)18-11(12)8-16-5/h9-10,16H,6-8H2,1-5H3. The van der Waals surface area contributed by atoms with Crippen LogP contribution in [0.5, 0.6) is 0 Å². The van der Waals surface area contributed by atoms with Gasteiger partial charge in [0.15, 0.2) is 5.82 Å². The molecule has 0 aromatic carbocycles. The minimum absolute atomic E-state index is 0.308. The number of aromatic nitrogens is 5. The molecule has 2 aromatic heterocycles. The monoisotopic (exact) mass is 288 g/mol.